The summed E-state index contributed by atoms with van der Waals surface area (Å²) >= 11 is 0. The van der Waals surface area contributed by atoms with Crippen molar-refractivity contribution in [2.45, 2.75) is 13.0 Å². The largest absolute Gasteiger partial charge is 1.00 e. The van der Waals surface area contributed by atoms with Gasteiger partial charge in [-0.05, 0) is 6.92 Å². The van der Waals surface area contributed by atoms with E-state index in [4.69, 9.17) is 10.2 Å². The van der Waals surface area contributed by atoms with Crippen molar-refractivity contribution in [2.75, 3.05) is 6.61 Å². The molecule has 12 heavy (non-hydrogen) atoms. The first-order valence-corrected chi connectivity index (χ1v) is 2.94. The molecule has 0 aromatic carbocycles. The zero-order valence-electron chi connectivity index (χ0n) is 6.98. The normalized spacial score (nSPS) is 16.9. The van der Waals surface area contributed by atoms with Gasteiger partial charge in [-0.25, -0.2) is 0 Å². The van der Waals surface area contributed by atoms with Crippen LogP contribution in [0.3, 0.4) is 0 Å². The van der Waals surface area contributed by atoms with Crippen LogP contribution in [0.2, 0.25) is 0 Å². The Balaban J connectivity index is 0. The summed E-state index contributed by atoms with van der Waals surface area (Å²) in [7, 11) is 0. The van der Waals surface area contributed by atoms with Crippen LogP contribution < -0.4 is 34.7 Å². The summed E-state index contributed by atoms with van der Waals surface area (Å²) in [4.78, 5) is 20.2. The molecule has 6 heteroatoms. The van der Waals surface area contributed by atoms with E-state index in [2.05, 4.69) is 0 Å². The van der Waals surface area contributed by atoms with E-state index >= 15 is 0 Å². The van der Waals surface area contributed by atoms with E-state index in [1.54, 1.807) is 0 Å². The fourth-order valence-electron chi connectivity index (χ4n) is 0.457. The second-order valence-corrected chi connectivity index (χ2v) is 2.50. The minimum Gasteiger partial charge on any atom is -0.547 e. The van der Waals surface area contributed by atoms with Gasteiger partial charge in [-0.1, -0.05) is 0 Å². The molecule has 0 bridgehead atoms. The number of rotatable bonds is 4. The van der Waals surface area contributed by atoms with Gasteiger partial charge in [0.2, 0.25) is 0 Å². The van der Waals surface area contributed by atoms with Gasteiger partial charge >= 0.3 is 29.6 Å². The number of aliphatic hydroxyl groups excluding tert-OH is 2. The van der Waals surface area contributed by atoms with Crippen LogP contribution in [-0.2, 0) is 9.59 Å². The molecule has 64 valence electrons. The van der Waals surface area contributed by atoms with Gasteiger partial charge in [-0.15, -0.1) is 0 Å². The van der Waals surface area contributed by atoms with Crippen molar-refractivity contribution in [1.29, 1.82) is 0 Å². The summed E-state index contributed by atoms with van der Waals surface area (Å²) in [6, 6.07) is 0. The molecule has 0 aromatic heterocycles. The fraction of sp³-hybridized carbons (Fsp3) is 0.667. The van der Waals surface area contributed by atoms with Gasteiger partial charge < -0.3 is 24.9 Å². The first kappa shape index (κ1) is 14.6. The number of carboxylic acid groups (broad SMARTS) is 1. The Bertz CT molecular complexity index is 171. The van der Waals surface area contributed by atoms with Crippen molar-refractivity contribution >= 4 is 12.3 Å². The van der Waals surface area contributed by atoms with Gasteiger partial charge in [0, 0.05) is 0 Å². The van der Waals surface area contributed by atoms with E-state index in [0.29, 0.717) is 0 Å². The molecule has 0 spiro atoms. The summed E-state index contributed by atoms with van der Waals surface area (Å²) in [5, 5.41) is 27.3. The van der Waals surface area contributed by atoms with Crippen molar-refractivity contribution in [2.24, 2.45) is 5.41 Å². The predicted molar refractivity (Wildman–Crippen MR) is 32.3 cm³/mol. The second-order valence-electron chi connectivity index (χ2n) is 2.50. The van der Waals surface area contributed by atoms with Gasteiger partial charge in [-0.2, -0.15) is 0 Å². The van der Waals surface area contributed by atoms with Crippen molar-refractivity contribution < 1.29 is 54.5 Å². The minimum absolute atomic E-state index is 0. The van der Waals surface area contributed by atoms with Gasteiger partial charge in [0.05, 0.1) is 18.0 Å². The van der Waals surface area contributed by atoms with Crippen LogP contribution in [0.4, 0.5) is 0 Å². The molecule has 0 radical (unpaired) electrons. The molecule has 0 saturated heterocycles. The molecule has 0 aliphatic heterocycles. The zero-order valence-corrected chi connectivity index (χ0v) is 8.98. The maximum Gasteiger partial charge on any atom is 1.00 e. The molecule has 0 fully saturated rings. The van der Waals surface area contributed by atoms with Crippen LogP contribution in [0.25, 0.3) is 0 Å². The number of carboxylic acids is 1. The predicted octanol–water partition coefficient (Wildman–Crippen LogP) is -5.70. The number of aliphatic hydroxyl groups is 2. The Labute approximate surface area is 91.7 Å². The SMILES string of the molecule is CC(C=O)(CO)C(O)C(=O)[O-].[Na+]. The quantitative estimate of drug-likeness (QED) is 0.335. The zero-order chi connectivity index (χ0) is 9.07. The molecular weight excluding hydrogens is 175 g/mol. The molecule has 2 atom stereocenters. The van der Waals surface area contributed by atoms with E-state index in [9.17, 15) is 14.7 Å². The monoisotopic (exact) mass is 184 g/mol. The van der Waals surface area contributed by atoms with Crippen LogP contribution in [0.5, 0.6) is 0 Å². The Morgan fingerprint density at radius 1 is 1.75 bits per heavy atom. The summed E-state index contributed by atoms with van der Waals surface area (Å²) in [6.07, 6.45) is -1.78. The Hall–Kier alpha value is 0.0600. The first-order valence-electron chi connectivity index (χ1n) is 2.94. The molecular formula is C6H9NaO5. The number of hydrogen-bond donors (Lipinski definition) is 2. The number of hydrogen-bond acceptors (Lipinski definition) is 5. The van der Waals surface area contributed by atoms with Gasteiger partial charge in [-0.3, -0.25) is 0 Å². The maximum absolute atomic E-state index is 10.2. The summed E-state index contributed by atoms with van der Waals surface area (Å²) < 4.78 is 0. The first-order chi connectivity index (χ1) is 4.98. The molecule has 0 amide bonds. The molecule has 0 rings (SSSR count). The van der Waals surface area contributed by atoms with E-state index < -0.39 is 24.1 Å². The molecule has 0 aliphatic rings. The third-order valence-corrected chi connectivity index (χ3v) is 1.46. The van der Waals surface area contributed by atoms with Gasteiger partial charge in [0.15, 0.2) is 0 Å². The third kappa shape index (κ3) is 3.20. The van der Waals surface area contributed by atoms with Crippen molar-refractivity contribution in [3.05, 3.63) is 0 Å². The number of aliphatic carboxylic acids is 1. The summed E-state index contributed by atoms with van der Waals surface area (Å²) in [5.41, 5.74) is -1.67. The van der Waals surface area contributed by atoms with Crippen LogP contribution in [0.15, 0.2) is 0 Å². The standard InChI is InChI=1S/C6H10O5.Na/c1-6(2-7,3-8)4(9)5(10)11;/h2,4,8-9H,3H2,1H3,(H,10,11);/q;+1/p-1. The Morgan fingerprint density at radius 2 is 2.17 bits per heavy atom. The minimum atomic E-state index is -1.97. The van der Waals surface area contributed by atoms with Crippen molar-refractivity contribution in [3.63, 3.8) is 0 Å². The molecule has 0 aromatic rings. The van der Waals surface area contributed by atoms with Gasteiger partial charge in [0.25, 0.3) is 0 Å². The molecule has 2 N–H and O–H groups in total. The molecule has 0 heterocycles. The van der Waals surface area contributed by atoms with Gasteiger partial charge in [0.1, 0.15) is 12.4 Å². The van der Waals surface area contributed by atoms with Crippen molar-refractivity contribution in [3.8, 4) is 0 Å². The van der Waals surface area contributed by atoms with Crippen molar-refractivity contribution in [1.82, 2.24) is 0 Å². The Kier molecular flexibility index (Phi) is 6.88. The number of carbonyl (C=O) groups is 2. The molecule has 0 saturated carbocycles. The average Bonchev–Trinajstić information content (AvgIpc) is 2.01. The number of carbonyl (C=O) groups excluding carboxylic acids is 2. The van der Waals surface area contributed by atoms with E-state index in [0.717, 1.165) is 6.92 Å². The molecule has 2 unspecified atom stereocenters. The van der Waals surface area contributed by atoms with Crippen LogP contribution >= 0.6 is 0 Å². The molecule has 5 nitrogen and oxygen atoms in total. The van der Waals surface area contributed by atoms with E-state index in [1.165, 1.54) is 0 Å². The van der Waals surface area contributed by atoms with Crippen LogP contribution in [0, 0.1) is 5.41 Å². The summed E-state index contributed by atoms with van der Waals surface area (Å²) in [6.45, 7) is 0.395. The average molecular weight is 184 g/mol. The van der Waals surface area contributed by atoms with Crippen LogP contribution in [0.1, 0.15) is 6.92 Å². The fourth-order valence-corrected chi connectivity index (χ4v) is 0.457. The second kappa shape index (κ2) is 5.66. The van der Waals surface area contributed by atoms with E-state index in [1.807, 2.05) is 0 Å². The maximum atomic E-state index is 10.2. The smallest absolute Gasteiger partial charge is 0.547 e. The summed E-state index contributed by atoms with van der Waals surface area (Å²) in [5.74, 6) is -1.77. The molecule has 0 aliphatic carbocycles. The van der Waals surface area contributed by atoms with Crippen LogP contribution in [-0.4, -0.2) is 35.2 Å². The Morgan fingerprint density at radius 3 is 2.25 bits per heavy atom. The topological polar surface area (TPSA) is 97.7 Å². The van der Waals surface area contributed by atoms with E-state index in [-0.39, 0.29) is 35.8 Å². The third-order valence-electron chi connectivity index (χ3n) is 1.46. The number of aldehydes is 1.